The quantitative estimate of drug-likeness (QED) is 0.485. The lowest BCUT2D eigenvalue weighted by Gasteiger charge is -2.34. The molecular formula is C10H20N4. The number of piperazine rings is 1. The molecule has 0 aromatic rings. The fourth-order valence-corrected chi connectivity index (χ4v) is 1.54. The van der Waals surface area contributed by atoms with E-state index in [1.54, 1.807) is 0 Å². The van der Waals surface area contributed by atoms with Gasteiger partial charge >= 0.3 is 0 Å². The van der Waals surface area contributed by atoms with Gasteiger partial charge in [-0.15, -0.1) is 0 Å². The summed E-state index contributed by atoms with van der Waals surface area (Å²) in [5.74, 6) is 1.01. The average Bonchev–Trinajstić information content (AvgIpc) is 2.20. The summed E-state index contributed by atoms with van der Waals surface area (Å²) in [4.78, 5) is 8.63. The van der Waals surface area contributed by atoms with Crippen LogP contribution >= 0.6 is 0 Å². The van der Waals surface area contributed by atoms with E-state index in [0.29, 0.717) is 0 Å². The van der Waals surface area contributed by atoms with Gasteiger partial charge in [-0.05, 0) is 6.92 Å². The SMILES string of the molecule is C=C(C)N(C)C(=NC)N1CCNCC1. The Balaban J connectivity index is 2.65. The zero-order valence-electron chi connectivity index (χ0n) is 9.38. The molecule has 4 nitrogen and oxygen atoms in total. The number of guanidine groups is 1. The molecule has 1 aliphatic heterocycles. The van der Waals surface area contributed by atoms with Gasteiger partial charge in [0.15, 0.2) is 5.96 Å². The molecule has 0 atom stereocenters. The molecule has 0 aliphatic carbocycles. The van der Waals surface area contributed by atoms with Gasteiger partial charge in [-0.2, -0.15) is 0 Å². The third-order valence-corrected chi connectivity index (χ3v) is 2.47. The molecule has 0 unspecified atom stereocenters. The van der Waals surface area contributed by atoms with Crippen molar-refractivity contribution in [3.05, 3.63) is 12.3 Å². The van der Waals surface area contributed by atoms with Crippen LogP contribution in [0.1, 0.15) is 6.92 Å². The smallest absolute Gasteiger partial charge is 0.200 e. The van der Waals surface area contributed by atoms with Gasteiger partial charge in [-0.3, -0.25) is 4.99 Å². The average molecular weight is 196 g/mol. The standard InChI is InChI=1S/C10H20N4/c1-9(2)13(4)10(11-3)14-7-5-12-6-8-14/h12H,1,5-8H2,2-4H3. The Bertz CT molecular complexity index is 228. The second-order valence-electron chi connectivity index (χ2n) is 3.55. The Morgan fingerprint density at radius 2 is 2.00 bits per heavy atom. The third-order valence-electron chi connectivity index (χ3n) is 2.47. The van der Waals surface area contributed by atoms with Crippen LogP contribution in [0.2, 0.25) is 0 Å². The largest absolute Gasteiger partial charge is 0.340 e. The number of allylic oxidation sites excluding steroid dienone is 1. The molecule has 14 heavy (non-hydrogen) atoms. The predicted molar refractivity (Wildman–Crippen MR) is 60.4 cm³/mol. The van der Waals surface area contributed by atoms with Crippen molar-refractivity contribution in [2.75, 3.05) is 40.3 Å². The summed E-state index contributed by atoms with van der Waals surface area (Å²) in [7, 11) is 3.84. The zero-order valence-corrected chi connectivity index (χ0v) is 9.38. The minimum absolute atomic E-state index is 1.01. The Hall–Kier alpha value is -1.03. The summed E-state index contributed by atoms with van der Waals surface area (Å²) in [6, 6.07) is 0. The molecule has 1 saturated heterocycles. The molecule has 1 N–H and O–H groups in total. The van der Waals surface area contributed by atoms with Gasteiger partial charge in [0, 0.05) is 46.0 Å². The zero-order chi connectivity index (χ0) is 10.6. The Labute approximate surface area is 86.3 Å². The molecule has 80 valence electrons. The first-order chi connectivity index (χ1) is 6.66. The van der Waals surface area contributed by atoms with E-state index >= 15 is 0 Å². The van der Waals surface area contributed by atoms with Crippen molar-refractivity contribution >= 4 is 5.96 Å². The Morgan fingerprint density at radius 1 is 1.43 bits per heavy atom. The summed E-state index contributed by atoms with van der Waals surface area (Å²) >= 11 is 0. The lowest BCUT2D eigenvalue weighted by atomic mass is 10.3. The van der Waals surface area contributed by atoms with Crippen molar-refractivity contribution in [3.63, 3.8) is 0 Å². The van der Waals surface area contributed by atoms with E-state index in [-0.39, 0.29) is 0 Å². The maximum atomic E-state index is 4.31. The minimum Gasteiger partial charge on any atom is -0.340 e. The normalized spacial score (nSPS) is 18.2. The van der Waals surface area contributed by atoms with Gasteiger partial charge < -0.3 is 15.1 Å². The highest BCUT2D eigenvalue weighted by Crippen LogP contribution is 2.04. The van der Waals surface area contributed by atoms with Crippen LogP contribution in [0.25, 0.3) is 0 Å². The molecule has 4 heteroatoms. The number of nitrogens with zero attached hydrogens (tertiary/aromatic N) is 3. The van der Waals surface area contributed by atoms with Gasteiger partial charge in [0.1, 0.15) is 0 Å². The monoisotopic (exact) mass is 196 g/mol. The number of nitrogens with one attached hydrogen (secondary N) is 1. The van der Waals surface area contributed by atoms with Gasteiger partial charge in [0.05, 0.1) is 0 Å². The molecule has 1 aliphatic rings. The maximum absolute atomic E-state index is 4.31. The highest BCUT2D eigenvalue weighted by molar-refractivity contribution is 5.81. The Kier molecular flexibility index (Phi) is 3.95. The van der Waals surface area contributed by atoms with Crippen LogP contribution < -0.4 is 5.32 Å². The molecule has 0 radical (unpaired) electrons. The van der Waals surface area contributed by atoms with Crippen LogP contribution in [0.4, 0.5) is 0 Å². The molecule has 1 rings (SSSR count). The second-order valence-corrected chi connectivity index (χ2v) is 3.55. The summed E-state index contributed by atoms with van der Waals surface area (Å²) in [5.41, 5.74) is 1.02. The van der Waals surface area contributed by atoms with E-state index in [9.17, 15) is 0 Å². The highest BCUT2D eigenvalue weighted by atomic mass is 15.4. The molecule has 0 saturated carbocycles. The minimum atomic E-state index is 1.01. The second kappa shape index (κ2) is 5.00. The molecule has 0 aromatic heterocycles. The molecule has 0 bridgehead atoms. The van der Waals surface area contributed by atoms with Crippen molar-refractivity contribution < 1.29 is 0 Å². The lowest BCUT2D eigenvalue weighted by Crippen LogP contribution is -2.50. The summed E-state index contributed by atoms with van der Waals surface area (Å²) in [5, 5.41) is 3.32. The van der Waals surface area contributed by atoms with E-state index in [4.69, 9.17) is 0 Å². The third kappa shape index (κ3) is 2.48. The van der Waals surface area contributed by atoms with Crippen LogP contribution in [0.5, 0.6) is 0 Å². The van der Waals surface area contributed by atoms with Gasteiger partial charge in [-0.25, -0.2) is 0 Å². The first-order valence-electron chi connectivity index (χ1n) is 4.98. The van der Waals surface area contributed by atoms with Crippen molar-refractivity contribution in [2.45, 2.75) is 6.92 Å². The van der Waals surface area contributed by atoms with E-state index in [1.807, 2.05) is 25.9 Å². The molecule has 1 fully saturated rings. The van der Waals surface area contributed by atoms with E-state index in [1.165, 1.54) is 0 Å². The van der Waals surface area contributed by atoms with E-state index in [2.05, 4.69) is 21.8 Å². The molecule has 0 amide bonds. The molecule has 0 aromatic carbocycles. The fourth-order valence-electron chi connectivity index (χ4n) is 1.54. The first kappa shape index (κ1) is 11.0. The summed E-state index contributed by atoms with van der Waals surface area (Å²) < 4.78 is 0. The van der Waals surface area contributed by atoms with Crippen molar-refractivity contribution in [1.29, 1.82) is 0 Å². The van der Waals surface area contributed by atoms with Crippen LogP contribution in [0.3, 0.4) is 0 Å². The van der Waals surface area contributed by atoms with E-state index < -0.39 is 0 Å². The van der Waals surface area contributed by atoms with Crippen molar-refractivity contribution in [1.82, 2.24) is 15.1 Å². The summed E-state index contributed by atoms with van der Waals surface area (Å²) in [6.07, 6.45) is 0. The predicted octanol–water partition coefficient (Wildman–Crippen LogP) is 0.343. The topological polar surface area (TPSA) is 30.9 Å². The molecular weight excluding hydrogens is 176 g/mol. The van der Waals surface area contributed by atoms with E-state index in [0.717, 1.165) is 37.8 Å². The first-order valence-corrected chi connectivity index (χ1v) is 4.98. The lowest BCUT2D eigenvalue weighted by molar-refractivity contribution is 0.323. The molecule has 0 spiro atoms. The van der Waals surface area contributed by atoms with Crippen LogP contribution in [-0.2, 0) is 0 Å². The maximum Gasteiger partial charge on any atom is 0.200 e. The number of hydrogen-bond acceptors (Lipinski definition) is 2. The number of aliphatic imine (C=N–C) groups is 1. The molecule has 1 heterocycles. The summed E-state index contributed by atoms with van der Waals surface area (Å²) in [6.45, 7) is 10.0. The van der Waals surface area contributed by atoms with Crippen molar-refractivity contribution in [2.24, 2.45) is 4.99 Å². The van der Waals surface area contributed by atoms with Crippen LogP contribution in [0.15, 0.2) is 17.3 Å². The van der Waals surface area contributed by atoms with Gasteiger partial charge in [0.25, 0.3) is 0 Å². The van der Waals surface area contributed by atoms with Crippen molar-refractivity contribution in [3.8, 4) is 0 Å². The van der Waals surface area contributed by atoms with Gasteiger partial charge in [-0.1, -0.05) is 6.58 Å². The van der Waals surface area contributed by atoms with Crippen LogP contribution in [-0.4, -0.2) is 56.0 Å². The van der Waals surface area contributed by atoms with Gasteiger partial charge in [0.2, 0.25) is 0 Å². The Morgan fingerprint density at radius 3 is 2.43 bits per heavy atom. The fraction of sp³-hybridized carbons (Fsp3) is 0.700. The van der Waals surface area contributed by atoms with Crippen LogP contribution in [0, 0.1) is 0 Å². The highest BCUT2D eigenvalue weighted by Gasteiger charge is 2.17. The number of hydrogen-bond donors (Lipinski definition) is 1. The number of rotatable bonds is 1.